The minimum atomic E-state index is -2.06. The monoisotopic (exact) mass is 616 g/mol. The van der Waals surface area contributed by atoms with Crippen molar-refractivity contribution < 1.29 is 34.1 Å². The molecule has 2 aliphatic heterocycles. The van der Waals surface area contributed by atoms with Crippen LogP contribution >= 0.6 is 0 Å². The standard InChI is InChI=1S/C34H40N4O7/c1-9-20-16(2)21-13-25-30(19(5)39)17(3)23(37-25)14-27-33(6,42)34(43,11-10-29(40)44-7)28(38-27)15-26-31(32(41)45-8)18(4)22(36-26)12-24(20)35-21/h12-16,20,36-37,42-43H,9-11H2,1-8H3/t16-,20-,33?,34?/m1/s1. The highest BCUT2D eigenvalue weighted by Crippen LogP contribution is 2.47. The second kappa shape index (κ2) is 11.5. The second-order valence-corrected chi connectivity index (χ2v) is 12.2. The van der Waals surface area contributed by atoms with Gasteiger partial charge in [-0.25, -0.2) is 4.79 Å². The summed E-state index contributed by atoms with van der Waals surface area (Å²) >= 11 is 0. The number of H-pyrrole nitrogens is 2. The van der Waals surface area contributed by atoms with Crippen LogP contribution in [0.25, 0.3) is 22.1 Å². The van der Waals surface area contributed by atoms with Crippen LogP contribution in [0.4, 0.5) is 0 Å². The third kappa shape index (κ3) is 5.13. The Morgan fingerprint density at radius 3 is 2.04 bits per heavy atom. The summed E-state index contributed by atoms with van der Waals surface area (Å²) in [5.74, 6) is -1.16. The van der Waals surface area contributed by atoms with E-state index >= 15 is 0 Å². The molecule has 238 valence electrons. The smallest absolute Gasteiger partial charge is 0.340 e. The van der Waals surface area contributed by atoms with Crippen molar-refractivity contribution in [2.75, 3.05) is 14.2 Å². The van der Waals surface area contributed by atoms with Gasteiger partial charge in [-0.2, -0.15) is 0 Å². The van der Waals surface area contributed by atoms with E-state index in [-0.39, 0.29) is 47.4 Å². The van der Waals surface area contributed by atoms with Crippen LogP contribution in [0.1, 0.15) is 113 Å². The SMILES string of the molecule is CC[C@H]1c2cc3[nH]c(cc4nc(cc5[nH]c(cc(n2)[C@@H]1C)c(C(C)=O)c5C)C(C)(O)C4(O)CCC(=O)OC)c(C(=O)OC)c3C. The first kappa shape index (κ1) is 32.1. The fraction of sp³-hybridized carbons (Fsp3) is 0.441. The van der Waals surface area contributed by atoms with Crippen LogP contribution in [-0.2, 0) is 25.5 Å². The maximum absolute atomic E-state index is 13.1. The van der Waals surface area contributed by atoms with Gasteiger partial charge in [-0.1, -0.05) is 13.8 Å². The van der Waals surface area contributed by atoms with Crippen molar-refractivity contribution in [3.63, 3.8) is 0 Å². The Morgan fingerprint density at radius 1 is 0.867 bits per heavy atom. The zero-order chi connectivity index (χ0) is 33.0. The Morgan fingerprint density at radius 2 is 1.44 bits per heavy atom. The first-order valence-corrected chi connectivity index (χ1v) is 15.0. The number of rotatable bonds is 6. The normalized spacial score (nSPS) is 22.7. The Bertz CT molecular complexity index is 1890. The van der Waals surface area contributed by atoms with E-state index < -0.39 is 23.1 Å². The number of carbonyl (C=O) groups excluding carboxylic acids is 3. The largest absolute Gasteiger partial charge is 0.469 e. The minimum Gasteiger partial charge on any atom is -0.469 e. The minimum absolute atomic E-state index is 0.0318. The van der Waals surface area contributed by atoms with E-state index in [1.807, 2.05) is 12.1 Å². The first-order chi connectivity index (χ1) is 21.2. The van der Waals surface area contributed by atoms with Crippen molar-refractivity contribution in [1.82, 2.24) is 19.9 Å². The molecule has 0 spiro atoms. The number of aromatic nitrogens is 4. The van der Waals surface area contributed by atoms with Gasteiger partial charge in [0, 0.05) is 46.2 Å². The third-order valence-corrected chi connectivity index (χ3v) is 9.56. The van der Waals surface area contributed by atoms with Gasteiger partial charge in [-0.15, -0.1) is 0 Å². The maximum atomic E-state index is 13.1. The van der Waals surface area contributed by atoms with Crippen LogP contribution in [0.3, 0.4) is 0 Å². The molecule has 0 aliphatic carbocycles. The van der Waals surface area contributed by atoms with E-state index in [0.29, 0.717) is 38.8 Å². The van der Waals surface area contributed by atoms with Crippen molar-refractivity contribution >= 4 is 39.8 Å². The molecule has 2 unspecified atom stereocenters. The number of methoxy groups -OCH3 is 2. The molecule has 0 saturated heterocycles. The molecule has 45 heavy (non-hydrogen) atoms. The van der Waals surface area contributed by atoms with E-state index in [1.165, 1.54) is 34.1 Å². The summed E-state index contributed by atoms with van der Waals surface area (Å²) in [5, 5.41) is 24.1. The van der Waals surface area contributed by atoms with Crippen molar-refractivity contribution in [3.05, 3.63) is 69.3 Å². The fourth-order valence-electron chi connectivity index (χ4n) is 6.70. The van der Waals surface area contributed by atoms with Crippen molar-refractivity contribution in [2.24, 2.45) is 0 Å². The average Bonchev–Trinajstić information content (AvgIpc) is 3.63. The Hall–Kier alpha value is -4.35. The zero-order valence-electron chi connectivity index (χ0n) is 26.9. The van der Waals surface area contributed by atoms with Gasteiger partial charge in [-0.05, 0) is 75.9 Å². The van der Waals surface area contributed by atoms with Crippen molar-refractivity contribution in [1.29, 1.82) is 0 Å². The lowest BCUT2D eigenvalue weighted by atomic mass is 9.78. The van der Waals surface area contributed by atoms with Gasteiger partial charge in [0.1, 0.15) is 11.2 Å². The molecule has 4 N–H and O–H groups in total. The van der Waals surface area contributed by atoms with E-state index in [2.05, 4.69) is 28.8 Å². The molecule has 0 radical (unpaired) electrons. The third-order valence-electron chi connectivity index (χ3n) is 9.56. The highest BCUT2D eigenvalue weighted by molar-refractivity contribution is 6.05. The maximum Gasteiger partial charge on any atom is 0.340 e. The Labute approximate surface area is 261 Å². The van der Waals surface area contributed by atoms with Crippen LogP contribution in [0, 0.1) is 13.8 Å². The van der Waals surface area contributed by atoms with Crippen LogP contribution in [0.2, 0.25) is 0 Å². The van der Waals surface area contributed by atoms with Crippen molar-refractivity contribution in [3.8, 4) is 0 Å². The van der Waals surface area contributed by atoms with Gasteiger partial charge in [0.05, 0.1) is 42.2 Å². The predicted molar refractivity (Wildman–Crippen MR) is 168 cm³/mol. The summed E-state index contributed by atoms with van der Waals surface area (Å²) in [6.07, 6.45) is 0.383. The molecular formula is C34H40N4O7. The lowest BCUT2D eigenvalue weighted by molar-refractivity contribution is -0.160. The Kier molecular flexibility index (Phi) is 8.22. The summed E-state index contributed by atoms with van der Waals surface area (Å²) in [6, 6.07) is 6.90. The molecule has 0 saturated carbocycles. The highest BCUT2D eigenvalue weighted by Gasteiger charge is 2.54. The van der Waals surface area contributed by atoms with Gasteiger partial charge in [0.15, 0.2) is 5.78 Å². The topological polar surface area (TPSA) is 167 Å². The number of carbonyl (C=O) groups is 3. The van der Waals surface area contributed by atoms with E-state index in [0.717, 1.165) is 17.8 Å². The van der Waals surface area contributed by atoms with Crippen LogP contribution in [0.15, 0.2) is 24.3 Å². The zero-order valence-corrected chi connectivity index (χ0v) is 26.9. The summed E-state index contributed by atoms with van der Waals surface area (Å²) < 4.78 is 9.94. The predicted octanol–water partition coefficient (Wildman–Crippen LogP) is 5.27. The average molecular weight is 617 g/mol. The molecule has 3 aromatic rings. The number of nitrogens with zero attached hydrogens (tertiary/aromatic N) is 2. The van der Waals surface area contributed by atoms with E-state index in [1.54, 1.807) is 19.9 Å². The summed E-state index contributed by atoms with van der Waals surface area (Å²) in [6.45, 7) is 10.7. The van der Waals surface area contributed by atoms with Gasteiger partial charge >= 0.3 is 11.9 Å². The first-order valence-electron chi connectivity index (χ1n) is 15.0. The van der Waals surface area contributed by atoms with Gasteiger partial charge < -0.3 is 29.7 Å². The van der Waals surface area contributed by atoms with Crippen molar-refractivity contribution in [2.45, 2.75) is 83.8 Å². The van der Waals surface area contributed by atoms with Gasteiger partial charge in [0.25, 0.3) is 0 Å². The number of aliphatic hydroxyl groups is 2. The molecule has 8 bridgehead atoms. The van der Waals surface area contributed by atoms with E-state index in [9.17, 15) is 24.6 Å². The molecule has 11 heteroatoms. The number of aryl methyl sites for hydroxylation is 2. The summed E-state index contributed by atoms with van der Waals surface area (Å²) in [5.41, 5.74) is 1.77. The second-order valence-electron chi connectivity index (χ2n) is 12.2. The fourth-order valence-corrected chi connectivity index (χ4v) is 6.70. The molecule has 0 amide bonds. The van der Waals surface area contributed by atoms with Crippen LogP contribution in [0.5, 0.6) is 0 Å². The molecule has 0 aromatic carbocycles. The Balaban J connectivity index is 1.98. The number of hydrogen-bond acceptors (Lipinski definition) is 9. The number of ketones is 1. The molecule has 5 rings (SSSR count). The van der Waals surface area contributed by atoms with Crippen LogP contribution < -0.4 is 0 Å². The molecule has 11 nitrogen and oxygen atoms in total. The number of nitrogens with one attached hydrogen (secondary N) is 2. The molecule has 2 aliphatic rings. The molecule has 3 aromatic heterocycles. The molecule has 4 atom stereocenters. The highest BCUT2D eigenvalue weighted by atomic mass is 16.5. The number of hydrogen-bond donors (Lipinski definition) is 4. The van der Waals surface area contributed by atoms with Gasteiger partial charge in [-0.3, -0.25) is 19.6 Å². The van der Waals surface area contributed by atoms with E-state index in [4.69, 9.17) is 14.5 Å². The van der Waals surface area contributed by atoms with Gasteiger partial charge in [0.2, 0.25) is 0 Å². The number of aromatic amines is 2. The lowest BCUT2D eigenvalue weighted by Gasteiger charge is -2.35. The number of esters is 2. The quantitative estimate of drug-likeness (QED) is 0.213. The summed E-state index contributed by atoms with van der Waals surface area (Å²) in [4.78, 5) is 54.5. The van der Waals surface area contributed by atoms with Crippen LogP contribution in [-0.4, -0.2) is 62.1 Å². The number of ether oxygens (including phenoxy) is 2. The molecular weight excluding hydrogens is 576 g/mol. The molecule has 0 fully saturated rings. The molecule has 5 heterocycles. The number of fused-ring (bicyclic) bond motifs is 8. The number of Topliss-reactive ketones (excluding diaryl/α,β-unsaturated/α-hetero) is 1. The lowest BCUT2D eigenvalue weighted by Crippen LogP contribution is -2.44. The summed E-state index contributed by atoms with van der Waals surface area (Å²) in [7, 11) is 2.53.